The highest BCUT2D eigenvalue weighted by Crippen LogP contribution is 2.24. The lowest BCUT2D eigenvalue weighted by atomic mass is 9.95. The summed E-state index contributed by atoms with van der Waals surface area (Å²) in [5.74, 6) is 0.805. The maximum absolute atomic E-state index is 11.8. The number of carbonyl (C=O) groups excluding carboxylic acids is 1. The summed E-state index contributed by atoms with van der Waals surface area (Å²) in [6.45, 7) is 3.79. The molecule has 0 aromatic rings. The Morgan fingerprint density at radius 3 is 2.78 bits per heavy atom. The van der Waals surface area contributed by atoms with Crippen molar-refractivity contribution in [1.82, 2.24) is 16.1 Å². The molecule has 2 aliphatic rings. The van der Waals surface area contributed by atoms with Crippen LogP contribution in [0.1, 0.15) is 46.0 Å². The van der Waals surface area contributed by atoms with Crippen LogP contribution in [0.15, 0.2) is 5.10 Å². The van der Waals surface area contributed by atoms with E-state index in [0.29, 0.717) is 11.8 Å². The van der Waals surface area contributed by atoms with Crippen LogP contribution in [-0.2, 0) is 4.79 Å². The molecule has 1 unspecified atom stereocenters. The molecule has 1 aliphatic heterocycles. The molecule has 1 amide bonds. The summed E-state index contributed by atoms with van der Waals surface area (Å²) in [6.07, 6.45) is 6.20. The Hall–Kier alpha value is -0.750. The van der Waals surface area contributed by atoms with E-state index in [-0.39, 0.29) is 5.91 Å². The van der Waals surface area contributed by atoms with E-state index >= 15 is 0 Å². The zero-order valence-corrected chi connectivity index (χ0v) is 11.9. The second kappa shape index (κ2) is 5.93. The van der Waals surface area contributed by atoms with Gasteiger partial charge in [-0.25, -0.2) is 0 Å². The maximum Gasteiger partial charge on any atom is 0.270 e. The molecular formula is C12H22N4OS. The number of nitrogens with one attached hydrogen (secondary N) is 3. The van der Waals surface area contributed by atoms with Crippen molar-refractivity contribution in [3.63, 3.8) is 0 Å². The molecule has 0 saturated heterocycles. The molecule has 1 aliphatic carbocycles. The lowest BCUT2D eigenvalue weighted by Gasteiger charge is -2.40. The molecule has 0 radical (unpaired) electrons. The van der Waals surface area contributed by atoms with Crippen LogP contribution < -0.4 is 16.1 Å². The first-order chi connectivity index (χ1) is 8.65. The minimum Gasteiger partial charge on any atom is -0.306 e. The predicted molar refractivity (Wildman–Crippen MR) is 75.3 cm³/mol. The van der Waals surface area contributed by atoms with Gasteiger partial charge in [-0.15, -0.1) is 0 Å². The minimum atomic E-state index is -0.632. The van der Waals surface area contributed by atoms with E-state index in [1.54, 1.807) is 18.7 Å². The van der Waals surface area contributed by atoms with E-state index in [9.17, 15) is 4.79 Å². The van der Waals surface area contributed by atoms with Crippen LogP contribution >= 0.6 is 11.8 Å². The molecule has 18 heavy (non-hydrogen) atoms. The zero-order valence-electron chi connectivity index (χ0n) is 11.1. The molecule has 0 spiro atoms. The van der Waals surface area contributed by atoms with Crippen molar-refractivity contribution in [2.45, 2.75) is 57.1 Å². The number of rotatable bonds is 4. The summed E-state index contributed by atoms with van der Waals surface area (Å²) in [6, 6.07) is 0.458. The Bertz CT molecular complexity index is 341. The number of amides is 1. The largest absolute Gasteiger partial charge is 0.306 e. The maximum atomic E-state index is 11.8. The average molecular weight is 270 g/mol. The van der Waals surface area contributed by atoms with Gasteiger partial charge in [-0.3, -0.25) is 15.5 Å². The van der Waals surface area contributed by atoms with Crippen LogP contribution in [0.5, 0.6) is 0 Å². The number of carbonyl (C=O) groups is 1. The van der Waals surface area contributed by atoms with Crippen LogP contribution in [0, 0.1) is 0 Å². The van der Waals surface area contributed by atoms with Crippen molar-refractivity contribution >= 4 is 23.4 Å². The molecule has 102 valence electrons. The van der Waals surface area contributed by atoms with E-state index in [1.165, 1.54) is 32.1 Å². The predicted octanol–water partition coefficient (Wildman–Crippen LogP) is 1.37. The van der Waals surface area contributed by atoms with E-state index < -0.39 is 5.12 Å². The van der Waals surface area contributed by atoms with Gasteiger partial charge in [0.25, 0.3) is 5.91 Å². The van der Waals surface area contributed by atoms with E-state index in [0.717, 1.165) is 5.75 Å². The normalized spacial score (nSPS) is 29.4. The average Bonchev–Trinajstić information content (AvgIpc) is 2.36. The highest BCUT2D eigenvalue weighted by molar-refractivity contribution is 8.00. The summed E-state index contributed by atoms with van der Waals surface area (Å²) in [4.78, 5) is 11.8. The quantitative estimate of drug-likeness (QED) is 0.675. The van der Waals surface area contributed by atoms with Crippen LogP contribution in [0.25, 0.3) is 0 Å². The number of hydrogen-bond donors (Lipinski definition) is 3. The van der Waals surface area contributed by atoms with Crippen LogP contribution in [0.2, 0.25) is 0 Å². The third kappa shape index (κ3) is 3.17. The lowest BCUT2D eigenvalue weighted by Crippen LogP contribution is -2.69. The highest BCUT2D eigenvalue weighted by Gasteiger charge is 2.37. The summed E-state index contributed by atoms with van der Waals surface area (Å²) >= 11 is 1.64. The van der Waals surface area contributed by atoms with Crippen molar-refractivity contribution < 1.29 is 4.79 Å². The van der Waals surface area contributed by atoms with E-state index in [1.807, 2.05) is 0 Å². The minimum absolute atomic E-state index is 0.0991. The number of hydrazone groups is 1. The van der Waals surface area contributed by atoms with Crippen LogP contribution in [0.4, 0.5) is 0 Å². The van der Waals surface area contributed by atoms with Gasteiger partial charge in [0, 0.05) is 6.04 Å². The molecule has 0 bridgehead atoms. The summed E-state index contributed by atoms with van der Waals surface area (Å²) in [5, 5.41) is 10.0. The van der Waals surface area contributed by atoms with Gasteiger partial charge in [-0.1, -0.05) is 37.9 Å². The zero-order chi connectivity index (χ0) is 13.0. The molecule has 0 aromatic carbocycles. The summed E-state index contributed by atoms with van der Waals surface area (Å²) in [5.41, 5.74) is 3.55. The Balaban J connectivity index is 2.04. The van der Waals surface area contributed by atoms with Crippen molar-refractivity contribution in [3.8, 4) is 0 Å². The second-order valence-corrected chi connectivity index (χ2v) is 6.34. The van der Waals surface area contributed by atoms with Gasteiger partial charge in [-0.05, 0) is 25.5 Å². The van der Waals surface area contributed by atoms with Gasteiger partial charge in [0.15, 0.2) is 0 Å². The van der Waals surface area contributed by atoms with Gasteiger partial charge in [0.1, 0.15) is 5.71 Å². The summed E-state index contributed by atoms with van der Waals surface area (Å²) in [7, 11) is 0. The smallest absolute Gasteiger partial charge is 0.270 e. The van der Waals surface area contributed by atoms with E-state index in [4.69, 9.17) is 0 Å². The van der Waals surface area contributed by atoms with E-state index in [2.05, 4.69) is 28.1 Å². The molecule has 3 N–H and O–H groups in total. The standard InChI is InChI=1S/C12H22N4OS/c1-3-18-12(13-10-7-5-4-6-8-10)14-11(17)9(2)15-16-12/h10,13,16H,3-8H2,1-2H3,(H,14,17). The molecule has 1 fully saturated rings. The van der Waals surface area contributed by atoms with Crippen LogP contribution in [-0.4, -0.2) is 28.5 Å². The Morgan fingerprint density at radius 1 is 1.44 bits per heavy atom. The van der Waals surface area contributed by atoms with Crippen molar-refractivity contribution in [2.75, 3.05) is 5.75 Å². The fraction of sp³-hybridized carbons (Fsp3) is 0.833. The molecule has 1 saturated carbocycles. The first-order valence-electron chi connectivity index (χ1n) is 6.71. The Labute approximate surface area is 113 Å². The molecule has 2 rings (SSSR count). The van der Waals surface area contributed by atoms with Gasteiger partial charge in [-0.2, -0.15) is 5.10 Å². The molecule has 6 heteroatoms. The van der Waals surface area contributed by atoms with Gasteiger partial charge in [0.05, 0.1) is 0 Å². The lowest BCUT2D eigenvalue weighted by molar-refractivity contribution is -0.117. The van der Waals surface area contributed by atoms with Crippen molar-refractivity contribution in [2.24, 2.45) is 5.10 Å². The fourth-order valence-corrected chi connectivity index (χ4v) is 3.38. The molecule has 5 nitrogen and oxygen atoms in total. The Morgan fingerprint density at radius 2 is 2.17 bits per heavy atom. The summed E-state index contributed by atoms with van der Waals surface area (Å²) < 4.78 is 0. The topological polar surface area (TPSA) is 65.5 Å². The molecule has 1 heterocycles. The third-order valence-corrected chi connectivity index (χ3v) is 4.41. The fourth-order valence-electron chi connectivity index (χ4n) is 2.42. The Kier molecular flexibility index (Phi) is 4.50. The van der Waals surface area contributed by atoms with Gasteiger partial charge >= 0.3 is 0 Å². The molecule has 0 aromatic heterocycles. The number of nitrogens with zero attached hydrogens (tertiary/aromatic N) is 1. The van der Waals surface area contributed by atoms with Crippen LogP contribution in [0.3, 0.4) is 0 Å². The number of thioether (sulfide) groups is 1. The van der Waals surface area contributed by atoms with Crippen molar-refractivity contribution in [3.05, 3.63) is 0 Å². The monoisotopic (exact) mass is 270 g/mol. The van der Waals surface area contributed by atoms with Gasteiger partial charge in [0.2, 0.25) is 5.12 Å². The SMILES string of the molecule is CCSC1(NC2CCCCC2)NN=C(C)C(=O)N1. The molecule has 1 atom stereocenters. The second-order valence-electron chi connectivity index (χ2n) is 4.86. The number of hydrogen-bond acceptors (Lipinski definition) is 5. The first kappa shape index (κ1) is 13.7. The van der Waals surface area contributed by atoms with Gasteiger partial charge < -0.3 is 5.32 Å². The van der Waals surface area contributed by atoms with Crippen molar-refractivity contribution in [1.29, 1.82) is 0 Å². The molecular weight excluding hydrogens is 248 g/mol. The highest BCUT2D eigenvalue weighted by atomic mass is 32.2. The third-order valence-electron chi connectivity index (χ3n) is 3.37. The first-order valence-corrected chi connectivity index (χ1v) is 7.69.